The van der Waals surface area contributed by atoms with Crippen molar-refractivity contribution in [3.8, 4) is 17.2 Å². The van der Waals surface area contributed by atoms with Crippen LogP contribution in [-0.4, -0.2) is 22.2 Å². The first-order valence-electron chi connectivity index (χ1n) is 6.38. The average Bonchev–Trinajstić information content (AvgIpc) is 2.51. The smallest absolute Gasteiger partial charge is 0.321 e. The number of benzene rings is 2. The van der Waals surface area contributed by atoms with Crippen molar-refractivity contribution in [2.75, 3.05) is 0 Å². The number of aromatic hydroxyl groups is 1. The van der Waals surface area contributed by atoms with Crippen LogP contribution in [0.4, 0.5) is 0 Å². The Bertz CT molecular complexity index is 721. The zero-order valence-corrected chi connectivity index (χ0v) is 18.0. The van der Waals surface area contributed by atoms with Crippen molar-refractivity contribution in [2.45, 2.75) is 9.97 Å². The van der Waals surface area contributed by atoms with Crippen LogP contribution in [0.25, 0.3) is 0 Å². The van der Waals surface area contributed by atoms with E-state index in [1.807, 2.05) is 45.2 Å². The predicted octanol–water partition coefficient (Wildman–Crippen LogP) is 4.28. The van der Waals surface area contributed by atoms with Gasteiger partial charge in [0.05, 0.1) is 11.1 Å². The van der Waals surface area contributed by atoms with Crippen LogP contribution in [0.2, 0.25) is 0 Å². The maximum Gasteiger partial charge on any atom is 0.321 e. The minimum Gasteiger partial charge on any atom is -0.507 e. The van der Waals surface area contributed by atoms with E-state index in [4.69, 9.17) is 15.6 Å². The Balaban J connectivity index is 2.17. The molecule has 0 fully saturated rings. The van der Waals surface area contributed by atoms with Gasteiger partial charge in [-0.25, -0.2) is 0 Å². The SMILES string of the molecule is N[C@H](C(=O)O)C(I)c1ccc(Oc2cc(I)c(O)cc2I)cc1. The molecule has 0 radical (unpaired) electrons. The minimum absolute atomic E-state index is 0.216. The van der Waals surface area contributed by atoms with E-state index < -0.39 is 12.0 Å². The molecule has 4 N–H and O–H groups in total. The molecule has 1 unspecified atom stereocenters. The molecule has 0 bridgehead atoms. The minimum atomic E-state index is -1.03. The van der Waals surface area contributed by atoms with E-state index in [0.29, 0.717) is 15.1 Å². The summed E-state index contributed by atoms with van der Waals surface area (Å²) in [6.07, 6.45) is 0. The van der Waals surface area contributed by atoms with Crippen LogP contribution >= 0.6 is 67.8 Å². The van der Waals surface area contributed by atoms with E-state index in [9.17, 15) is 9.90 Å². The van der Waals surface area contributed by atoms with E-state index in [-0.39, 0.29) is 9.67 Å². The molecule has 0 aromatic heterocycles. The van der Waals surface area contributed by atoms with Crippen LogP contribution in [0.5, 0.6) is 17.2 Å². The average molecular weight is 651 g/mol. The third-order valence-corrected chi connectivity index (χ3v) is 6.23. The van der Waals surface area contributed by atoms with E-state index >= 15 is 0 Å². The van der Waals surface area contributed by atoms with Gasteiger partial charge in [0.1, 0.15) is 23.3 Å². The van der Waals surface area contributed by atoms with Gasteiger partial charge in [0.2, 0.25) is 0 Å². The number of ether oxygens (including phenoxy) is 1. The summed E-state index contributed by atoms with van der Waals surface area (Å²) in [5, 5.41) is 18.6. The number of carboxylic acids is 1. The molecule has 0 aliphatic rings. The molecule has 0 aliphatic carbocycles. The number of aliphatic carboxylic acids is 1. The van der Waals surface area contributed by atoms with Crippen LogP contribution in [0.1, 0.15) is 9.49 Å². The van der Waals surface area contributed by atoms with Crippen molar-refractivity contribution >= 4 is 73.7 Å². The Morgan fingerprint density at radius 3 is 2.30 bits per heavy atom. The molecular formula is C15H12I3NO4. The van der Waals surface area contributed by atoms with E-state index in [1.165, 1.54) is 0 Å². The van der Waals surface area contributed by atoms with Gasteiger partial charge in [-0.3, -0.25) is 4.79 Å². The Hall–Kier alpha value is -0.340. The van der Waals surface area contributed by atoms with E-state index in [2.05, 4.69) is 22.6 Å². The van der Waals surface area contributed by atoms with Gasteiger partial charge in [0.25, 0.3) is 0 Å². The number of phenols is 1. The van der Waals surface area contributed by atoms with Crippen LogP contribution < -0.4 is 10.5 Å². The predicted molar refractivity (Wildman–Crippen MR) is 112 cm³/mol. The zero-order chi connectivity index (χ0) is 17.1. The highest BCUT2D eigenvalue weighted by Gasteiger charge is 2.23. The van der Waals surface area contributed by atoms with Crippen molar-refractivity contribution in [1.29, 1.82) is 0 Å². The molecule has 2 aromatic rings. The molecule has 8 heteroatoms. The van der Waals surface area contributed by atoms with Gasteiger partial charge in [-0.1, -0.05) is 34.7 Å². The number of rotatable bonds is 5. The highest BCUT2D eigenvalue weighted by molar-refractivity contribution is 14.1. The van der Waals surface area contributed by atoms with E-state index in [0.717, 1.165) is 9.13 Å². The van der Waals surface area contributed by atoms with Gasteiger partial charge in [-0.15, -0.1) is 0 Å². The first-order valence-corrected chi connectivity index (χ1v) is 9.78. The fraction of sp³-hybridized carbons (Fsp3) is 0.133. The summed E-state index contributed by atoms with van der Waals surface area (Å²) < 4.78 is 6.99. The fourth-order valence-electron chi connectivity index (χ4n) is 1.78. The number of hydrogen-bond donors (Lipinski definition) is 3. The molecule has 0 saturated carbocycles. The number of carboxylic acid groups (broad SMARTS) is 1. The Morgan fingerprint density at radius 2 is 1.74 bits per heavy atom. The normalized spacial score (nSPS) is 13.4. The van der Waals surface area contributed by atoms with Gasteiger partial charge in [-0.2, -0.15) is 0 Å². The Labute approximate surface area is 174 Å². The third kappa shape index (κ3) is 4.82. The van der Waals surface area contributed by atoms with Crippen LogP contribution in [0.3, 0.4) is 0 Å². The number of phenolic OH excluding ortho intramolecular Hbond substituents is 1. The molecule has 2 atom stereocenters. The molecule has 0 heterocycles. The number of carbonyl (C=O) groups is 1. The van der Waals surface area contributed by atoms with Gasteiger partial charge in [-0.05, 0) is 75.0 Å². The molecule has 2 rings (SSSR count). The fourth-order valence-corrected chi connectivity index (χ4v) is 3.50. The number of nitrogens with two attached hydrogens (primary N) is 1. The van der Waals surface area contributed by atoms with Crippen LogP contribution in [-0.2, 0) is 4.79 Å². The van der Waals surface area contributed by atoms with Crippen LogP contribution in [0.15, 0.2) is 36.4 Å². The van der Waals surface area contributed by atoms with Gasteiger partial charge < -0.3 is 20.7 Å². The lowest BCUT2D eigenvalue weighted by Crippen LogP contribution is -2.33. The highest BCUT2D eigenvalue weighted by Crippen LogP contribution is 2.34. The molecule has 0 saturated heterocycles. The first kappa shape index (κ1) is 19.0. The Kier molecular flexibility index (Phi) is 6.74. The molecule has 0 aliphatic heterocycles. The highest BCUT2D eigenvalue weighted by atomic mass is 127. The van der Waals surface area contributed by atoms with Crippen molar-refractivity contribution in [3.63, 3.8) is 0 Å². The summed E-state index contributed by atoms with van der Waals surface area (Å²) in [5.41, 5.74) is 6.46. The second-order valence-electron chi connectivity index (χ2n) is 4.67. The van der Waals surface area contributed by atoms with Crippen molar-refractivity contribution in [3.05, 3.63) is 49.1 Å². The summed E-state index contributed by atoms with van der Waals surface area (Å²) in [5.74, 6) is 0.459. The summed E-state index contributed by atoms with van der Waals surface area (Å²) in [4.78, 5) is 10.9. The second-order valence-corrected chi connectivity index (χ2v) is 8.34. The van der Waals surface area contributed by atoms with Crippen molar-refractivity contribution < 1.29 is 19.7 Å². The summed E-state index contributed by atoms with van der Waals surface area (Å²) in [6.45, 7) is 0. The molecule has 2 aromatic carbocycles. The van der Waals surface area contributed by atoms with E-state index in [1.54, 1.807) is 36.4 Å². The molecule has 122 valence electrons. The second kappa shape index (κ2) is 8.16. The molecule has 23 heavy (non-hydrogen) atoms. The largest absolute Gasteiger partial charge is 0.507 e. The number of halogens is 3. The molecule has 5 nitrogen and oxygen atoms in total. The third-order valence-electron chi connectivity index (χ3n) is 3.03. The summed E-state index contributed by atoms with van der Waals surface area (Å²) in [7, 11) is 0. The number of hydrogen-bond acceptors (Lipinski definition) is 4. The van der Waals surface area contributed by atoms with Gasteiger partial charge in [0, 0.05) is 0 Å². The first-order chi connectivity index (χ1) is 10.8. The quantitative estimate of drug-likeness (QED) is 0.332. The maximum atomic E-state index is 10.9. The standard InChI is InChI=1S/C15H12I3NO4/c16-9-6-12(10(17)5-11(9)20)23-8-3-1-7(2-4-8)13(18)14(19)15(21)22/h1-6,13-14,20H,19H2,(H,21,22)/t13?,14-/m0/s1. The zero-order valence-electron chi connectivity index (χ0n) is 11.5. The summed E-state index contributed by atoms with van der Waals surface area (Å²) >= 11 is 6.14. The number of alkyl halides is 1. The summed E-state index contributed by atoms with van der Waals surface area (Å²) in [6, 6.07) is 9.57. The van der Waals surface area contributed by atoms with Crippen molar-refractivity contribution in [1.82, 2.24) is 0 Å². The lowest BCUT2D eigenvalue weighted by atomic mass is 10.1. The molecule has 0 amide bonds. The topological polar surface area (TPSA) is 92.8 Å². The lowest BCUT2D eigenvalue weighted by Gasteiger charge is -2.15. The lowest BCUT2D eigenvalue weighted by molar-refractivity contribution is -0.138. The monoisotopic (exact) mass is 651 g/mol. The molecule has 0 spiro atoms. The van der Waals surface area contributed by atoms with Crippen molar-refractivity contribution in [2.24, 2.45) is 5.73 Å². The van der Waals surface area contributed by atoms with Gasteiger partial charge in [0.15, 0.2) is 0 Å². The van der Waals surface area contributed by atoms with Gasteiger partial charge >= 0.3 is 5.97 Å². The van der Waals surface area contributed by atoms with Crippen LogP contribution in [0, 0.1) is 7.14 Å². The Morgan fingerprint density at radius 1 is 1.13 bits per heavy atom. The molecular weight excluding hydrogens is 639 g/mol. The maximum absolute atomic E-state index is 10.9.